The Morgan fingerprint density at radius 2 is 0.760 bits per heavy atom. The van der Waals surface area contributed by atoms with Crippen LogP contribution in [0.15, 0.2) is 91.0 Å². The fraction of sp³-hybridized carbons (Fsp3) is 0.0526. The van der Waals surface area contributed by atoms with Gasteiger partial charge >= 0.3 is 17.1 Å². The van der Waals surface area contributed by atoms with Crippen LogP contribution in [0, 0.1) is 0 Å². The van der Waals surface area contributed by atoms with E-state index >= 15 is 0 Å². The second-order valence-corrected chi connectivity index (χ2v) is 10.9. The van der Waals surface area contributed by atoms with Crippen molar-refractivity contribution in [2.24, 2.45) is 0 Å². The van der Waals surface area contributed by atoms with E-state index < -0.39 is 17.1 Å². The molecular weight excluding hydrogens is 348 g/mol. The largest absolute Gasteiger partial charge is 0.408 e. The molecule has 0 aliphatic carbocycles. The zero-order chi connectivity index (χ0) is 18.3. The summed E-state index contributed by atoms with van der Waals surface area (Å²) in [7, 11) is -6.49. The Bertz CT molecular complexity index is 716. The Morgan fingerprint density at radius 1 is 0.480 bits per heavy atom. The molecular formula is C19H22O4Si2. The van der Waals surface area contributed by atoms with Crippen LogP contribution in [0.3, 0.4) is 0 Å². The van der Waals surface area contributed by atoms with Gasteiger partial charge in [-0.1, -0.05) is 91.0 Å². The maximum Gasteiger partial charge on any atom is 0.401 e. The first-order chi connectivity index (χ1) is 11.8. The highest BCUT2D eigenvalue weighted by atomic mass is 28.4. The van der Waals surface area contributed by atoms with E-state index in [9.17, 15) is 19.2 Å². The van der Waals surface area contributed by atoms with E-state index in [0.29, 0.717) is 15.6 Å². The van der Waals surface area contributed by atoms with Gasteiger partial charge in [0, 0.05) is 0 Å². The van der Waals surface area contributed by atoms with E-state index in [1.807, 2.05) is 42.5 Å². The number of benzene rings is 3. The smallest absolute Gasteiger partial charge is 0.401 e. The molecule has 0 unspecified atom stereocenters. The zero-order valence-corrected chi connectivity index (χ0v) is 15.9. The van der Waals surface area contributed by atoms with Crippen LogP contribution in [-0.4, -0.2) is 36.3 Å². The molecule has 0 fully saturated rings. The van der Waals surface area contributed by atoms with Crippen LogP contribution >= 0.6 is 0 Å². The summed E-state index contributed by atoms with van der Waals surface area (Å²) in [6, 6.07) is 26.9. The SMILES string of the molecule is C[Si](O)(O)c1ccccc1.O[Si](O)(c1ccccc1)c1ccccc1. The van der Waals surface area contributed by atoms with E-state index in [-0.39, 0.29) is 0 Å². The van der Waals surface area contributed by atoms with Crippen molar-refractivity contribution in [3.63, 3.8) is 0 Å². The van der Waals surface area contributed by atoms with Gasteiger partial charge in [0.25, 0.3) is 0 Å². The highest BCUT2D eigenvalue weighted by Crippen LogP contribution is 1.97. The molecule has 0 aromatic heterocycles. The fourth-order valence-corrected chi connectivity index (χ4v) is 4.73. The van der Waals surface area contributed by atoms with Gasteiger partial charge in [0.15, 0.2) is 0 Å². The minimum absolute atomic E-state index is 0.608. The molecule has 4 N–H and O–H groups in total. The molecule has 4 nitrogen and oxygen atoms in total. The third-order valence-electron chi connectivity index (χ3n) is 3.67. The first-order valence-electron chi connectivity index (χ1n) is 7.88. The average molecular weight is 371 g/mol. The predicted molar refractivity (Wildman–Crippen MR) is 104 cm³/mol. The molecule has 0 amide bonds. The van der Waals surface area contributed by atoms with Gasteiger partial charge in [0.2, 0.25) is 0 Å². The molecule has 0 aliphatic rings. The molecule has 0 radical (unpaired) electrons. The maximum absolute atomic E-state index is 10.2. The molecule has 0 heterocycles. The van der Waals surface area contributed by atoms with Crippen LogP contribution < -0.4 is 15.6 Å². The second-order valence-electron chi connectivity index (χ2n) is 5.79. The Hall–Kier alpha value is -2.07. The quantitative estimate of drug-likeness (QED) is 0.496. The standard InChI is InChI=1S/C12H12O2Si.C7H10O2Si/c13-15(14,11-7-3-1-4-8-11)12-9-5-2-6-10-12;1-10(8,9)7-5-3-2-4-6-7/h1-10,13-14H;2-6,8-9H,1H3. The van der Waals surface area contributed by atoms with Gasteiger partial charge in [0.05, 0.1) is 0 Å². The summed E-state index contributed by atoms with van der Waals surface area (Å²) in [5.41, 5.74) is 0. The zero-order valence-electron chi connectivity index (χ0n) is 13.9. The highest BCUT2D eigenvalue weighted by molar-refractivity contribution is 6.90. The third kappa shape index (κ3) is 5.47. The van der Waals surface area contributed by atoms with Crippen LogP contribution in [0.2, 0.25) is 6.55 Å². The van der Waals surface area contributed by atoms with E-state index in [1.165, 1.54) is 6.55 Å². The topological polar surface area (TPSA) is 80.9 Å². The lowest BCUT2D eigenvalue weighted by Gasteiger charge is -2.18. The van der Waals surface area contributed by atoms with Crippen molar-refractivity contribution in [2.45, 2.75) is 6.55 Å². The summed E-state index contributed by atoms with van der Waals surface area (Å²) < 4.78 is 0. The summed E-state index contributed by atoms with van der Waals surface area (Å²) >= 11 is 0. The van der Waals surface area contributed by atoms with Gasteiger partial charge < -0.3 is 19.2 Å². The normalized spacial score (nSPS) is 11.4. The Kier molecular flexibility index (Phi) is 6.43. The van der Waals surface area contributed by atoms with Crippen LogP contribution in [0.25, 0.3) is 0 Å². The van der Waals surface area contributed by atoms with Gasteiger partial charge in [-0.3, -0.25) is 0 Å². The van der Waals surface area contributed by atoms with E-state index in [0.717, 1.165) is 0 Å². The lowest BCUT2D eigenvalue weighted by Crippen LogP contribution is -2.59. The minimum atomic E-state index is -3.46. The van der Waals surface area contributed by atoms with E-state index in [4.69, 9.17) is 0 Å². The minimum Gasteiger partial charge on any atom is -0.408 e. The first-order valence-corrected chi connectivity index (χ1v) is 12.2. The molecule has 3 aromatic carbocycles. The Morgan fingerprint density at radius 3 is 1.00 bits per heavy atom. The summed E-state index contributed by atoms with van der Waals surface area (Å²) in [5, 5.41) is 1.86. The molecule has 0 saturated carbocycles. The van der Waals surface area contributed by atoms with Crippen molar-refractivity contribution in [2.75, 3.05) is 0 Å². The molecule has 0 spiro atoms. The Balaban J connectivity index is 0.000000196. The molecule has 6 heteroatoms. The fourth-order valence-electron chi connectivity index (χ4n) is 2.26. The third-order valence-corrected chi connectivity index (χ3v) is 7.38. The van der Waals surface area contributed by atoms with Crippen LogP contribution in [0.4, 0.5) is 0 Å². The monoisotopic (exact) mass is 370 g/mol. The van der Waals surface area contributed by atoms with E-state index in [2.05, 4.69) is 0 Å². The molecule has 0 bridgehead atoms. The van der Waals surface area contributed by atoms with Crippen molar-refractivity contribution < 1.29 is 19.2 Å². The lowest BCUT2D eigenvalue weighted by molar-refractivity contribution is 0.391. The molecule has 0 saturated heterocycles. The molecule has 0 aliphatic heterocycles. The predicted octanol–water partition coefficient (Wildman–Crippen LogP) is 0.178. The van der Waals surface area contributed by atoms with Gasteiger partial charge in [0.1, 0.15) is 0 Å². The average Bonchev–Trinajstić information content (AvgIpc) is 2.64. The van der Waals surface area contributed by atoms with Gasteiger partial charge in [-0.25, -0.2) is 0 Å². The summed E-state index contributed by atoms with van der Waals surface area (Å²) in [5.74, 6) is 0. The van der Waals surface area contributed by atoms with Crippen LogP contribution in [-0.2, 0) is 0 Å². The lowest BCUT2D eigenvalue weighted by atomic mass is 10.4. The van der Waals surface area contributed by atoms with Gasteiger partial charge in [-0.05, 0) is 22.1 Å². The number of hydrogen-bond acceptors (Lipinski definition) is 4. The van der Waals surface area contributed by atoms with Gasteiger partial charge in [-0.15, -0.1) is 0 Å². The second kappa shape index (κ2) is 8.35. The van der Waals surface area contributed by atoms with Crippen molar-refractivity contribution in [1.82, 2.24) is 0 Å². The molecule has 130 valence electrons. The summed E-state index contributed by atoms with van der Waals surface area (Å²) in [4.78, 5) is 38.7. The van der Waals surface area contributed by atoms with Crippen molar-refractivity contribution in [1.29, 1.82) is 0 Å². The number of hydrogen-bond donors (Lipinski definition) is 4. The molecule has 0 atom stereocenters. The van der Waals surface area contributed by atoms with Crippen LogP contribution in [0.1, 0.15) is 0 Å². The maximum atomic E-state index is 10.2. The highest BCUT2D eigenvalue weighted by Gasteiger charge is 2.34. The van der Waals surface area contributed by atoms with E-state index in [1.54, 1.807) is 48.5 Å². The van der Waals surface area contributed by atoms with Crippen LogP contribution in [0.5, 0.6) is 0 Å². The van der Waals surface area contributed by atoms with Crippen molar-refractivity contribution in [3.8, 4) is 0 Å². The Labute approximate surface area is 149 Å². The molecule has 3 rings (SSSR count). The van der Waals surface area contributed by atoms with Gasteiger partial charge in [-0.2, -0.15) is 0 Å². The first kappa shape index (κ1) is 19.3. The van der Waals surface area contributed by atoms with Crippen molar-refractivity contribution in [3.05, 3.63) is 91.0 Å². The summed E-state index contributed by atoms with van der Waals surface area (Å²) in [6.45, 7) is 1.47. The molecule has 3 aromatic rings. The van der Waals surface area contributed by atoms with Crippen molar-refractivity contribution >= 4 is 32.7 Å². The summed E-state index contributed by atoms with van der Waals surface area (Å²) in [6.07, 6.45) is 0. The molecule has 25 heavy (non-hydrogen) atoms. The number of rotatable bonds is 3.